The highest BCUT2D eigenvalue weighted by atomic mass is 16.3. The van der Waals surface area contributed by atoms with Gasteiger partial charge in [0, 0.05) is 25.3 Å². The molecule has 2 rings (SSSR count). The van der Waals surface area contributed by atoms with Crippen LogP contribution >= 0.6 is 0 Å². The monoisotopic (exact) mass is 245 g/mol. The number of hydrogen-bond acceptors (Lipinski definition) is 2. The minimum absolute atomic E-state index is 0.0165. The number of aliphatic hydroxyl groups is 1. The second kappa shape index (κ2) is 4.94. The Hall–Kier alpha value is -1.61. The molecule has 2 atom stereocenters. The van der Waals surface area contributed by atoms with Gasteiger partial charge >= 0.3 is 0 Å². The summed E-state index contributed by atoms with van der Waals surface area (Å²) in [6.07, 6.45) is 2.76. The van der Waals surface area contributed by atoms with Gasteiger partial charge in [-0.05, 0) is 12.5 Å². The maximum atomic E-state index is 11.8. The number of rotatable bonds is 4. The van der Waals surface area contributed by atoms with E-state index in [9.17, 15) is 9.90 Å². The largest absolute Gasteiger partial charge is 0.371 e. The van der Waals surface area contributed by atoms with E-state index in [1.54, 1.807) is 11.8 Å². The van der Waals surface area contributed by atoms with Crippen molar-refractivity contribution in [1.29, 1.82) is 0 Å². The van der Waals surface area contributed by atoms with Gasteiger partial charge in [0.1, 0.15) is 5.72 Å². The lowest BCUT2D eigenvalue weighted by atomic mass is 9.98. The molecule has 3 heteroatoms. The highest BCUT2D eigenvalue weighted by molar-refractivity contribution is 5.79. The topological polar surface area (TPSA) is 40.5 Å². The van der Waals surface area contributed by atoms with E-state index < -0.39 is 5.72 Å². The summed E-state index contributed by atoms with van der Waals surface area (Å²) < 4.78 is 0. The molecule has 0 spiro atoms. The first-order valence-corrected chi connectivity index (χ1v) is 6.25. The predicted octanol–water partition coefficient (Wildman–Crippen LogP) is 2.29. The molecule has 18 heavy (non-hydrogen) atoms. The molecule has 0 radical (unpaired) electrons. The molecular weight excluding hydrogens is 226 g/mol. The predicted molar refractivity (Wildman–Crippen MR) is 71.0 cm³/mol. The van der Waals surface area contributed by atoms with Crippen LogP contribution in [0.5, 0.6) is 0 Å². The van der Waals surface area contributed by atoms with Crippen molar-refractivity contribution in [3.63, 3.8) is 0 Å². The van der Waals surface area contributed by atoms with Gasteiger partial charge in [-0.3, -0.25) is 4.79 Å². The number of hydrogen-bond donors (Lipinski definition) is 1. The fraction of sp³-hybridized carbons (Fsp3) is 0.400. The molecule has 1 heterocycles. The first-order chi connectivity index (χ1) is 8.54. The van der Waals surface area contributed by atoms with Gasteiger partial charge in [-0.15, -0.1) is 6.58 Å². The molecule has 0 saturated carbocycles. The molecule has 2 unspecified atom stereocenters. The van der Waals surface area contributed by atoms with Crippen LogP contribution in [0.1, 0.15) is 31.2 Å². The molecule has 3 nitrogen and oxygen atoms in total. The zero-order chi connectivity index (χ0) is 13.2. The highest BCUT2D eigenvalue weighted by Gasteiger charge is 2.40. The Bertz CT molecular complexity index is 439. The summed E-state index contributed by atoms with van der Waals surface area (Å²) in [5, 5.41) is 10.2. The number of carbonyl (C=O) groups is 1. The van der Waals surface area contributed by atoms with E-state index in [1.807, 2.05) is 36.4 Å². The van der Waals surface area contributed by atoms with Crippen molar-refractivity contribution in [2.75, 3.05) is 6.54 Å². The van der Waals surface area contributed by atoms with E-state index in [1.165, 1.54) is 0 Å². The Labute approximate surface area is 108 Å². The number of nitrogens with zero attached hydrogens (tertiary/aromatic N) is 1. The maximum absolute atomic E-state index is 11.8. The minimum Gasteiger partial charge on any atom is -0.371 e. The molecule has 1 aromatic carbocycles. The Morgan fingerprint density at radius 3 is 2.67 bits per heavy atom. The van der Waals surface area contributed by atoms with Crippen molar-refractivity contribution in [3.05, 3.63) is 48.6 Å². The number of benzene rings is 1. The van der Waals surface area contributed by atoms with E-state index in [0.717, 1.165) is 5.56 Å². The Kier molecular flexibility index (Phi) is 3.53. The van der Waals surface area contributed by atoms with Gasteiger partial charge in [-0.25, -0.2) is 0 Å². The van der Waals surface area contributed by atoms with Gasteiger partial charge in [0.2, 0.25) is 5.91 Å². The van der Waals surface area contributed by atoms with E-state index in [-0.39, 0.29) is 11.8 Å². The van der Waals surface area contributed by atoms with Gasteiger partial charge in [-0.1, -0.05) is 36.4 Å². The molecule has 1 aromatic rings. The molecule has 1 amide bonds. The smallest absolute Gasteiger partial charge is 0.225 e. The second-order valence-corrected chi connectivity index (χ2v) is 4.97. The summed E-state index contributed by atoms with van der Waals surface area (Å²) in [6, 6.07) is 9.93. The van der Waals surface area contributed by atoms with Crippen molar-refractivity contribution >= 4 is 5.91 Å². The van der Waals surface area contributed by atoms with Crippen LogP contribution in [-0.2, 0) is 4.79 Å². The molecule has 0 aromatic heterocycles. The average Bonchev–Trinajstić information content (AvgIpc) is 2.62. The summed E-state index contributed by atoms with van der Waals surface area (Å²) >= 11 is 0. The first kappa shape index (κ1) is 12.8. The number of likely N-dealkylation sites (tertiary alicyclic amines) is 1. The molecule has 0 aliphatic carbocycles. The van der Waals surface area contributed by atoms with Gasteiger partial charge < -0.3 is 10.0 Å². The average molecular weight is 245 g/mol. The SMILES string of the molecule is C=CC(CN1C(=O)CCC1(C)O)c1ccccc1. The summed E-state index contributed by atoms with van der Waals surface area (Å²) in [4.78, 5) is 13.4. The van der Waals surface area contributed by atoms with E-state index in [2.05, 4.69) is 6.58 Å². The normalized spacial score (nSPS) is 25.2. The van der Waals surface area contributed by atoms with Gasteiger partial charge in [0.25, 0.3) is 0 Å². The quantitative estimate of drug-likeness (QED) is 0.827. The van der Waals surface area contributed by atoms with Crippen molar-refractivity contribution in [1.82, 2.24) is 4.90 Å². The third kappa shape index (κ3) is 2.46. The van der Waals surface area contributed by atoms with Gasteiger partial charge in [-0.2, -0.15) is 0 Å². The third-order valence-electron chi connectivity index (χ3n) is 3.59. The lowest BCUT2D eigenvalue weighted by Gasteiger charge is -2.32. The fourth-order valence-electron chi connectivity index (χ4n) is 2.39. The van der Waals surface area contributed by atoms with Gasteiger partial charge in [0.05, 0.1) is 0 Å². The molecule has 1 aliphatic rings. The summed E-state index contributed by atoms with van der Waals surface area (Å²) in [7, 11) is 0. The first-order valence-electron chi connectivity index (χ1n) is 6.25. The Balaban J connectivity index is 2.16. The van der Waals surface area contributed by atoms with E-state index in [0.29, 0.717) is 19.4 Å². The van der Waals surface area contributed by atoms with Crippen molar-refractivity contribution in [2.45, 2.75) is 31.4 Å². The zero-order valence-electron chi connectivity index (χ0n) is 10.7. The van der Waals surface area contributed by atoms with Crippen LogP contribution < -0.4 is 0 Å². The molecule has 1 aliphatic heterocycles. The lowest BCUT2D eigenvalue weighted by molar-refractivity contribution is -0.142. The van der Waals surface area contributed by atoms with Crippen LogP contribution in [0.25, 0.3) is 0 Å². The molecule has 1 fully saturated rings. The Morgan fingerprint density at radius 1 is 1.50 bits per heavy atom. The minimum atomic E-state index is -1.02. The van der Waals surface area contributed by atoms with Crippen molar-refractivity contribution < 1.29 is 9.90 Å². The number of amides is 1. The van der Waals surface area contributed by atoms with Crippen LogP contribution in [0.3, 0.4) is 0 Å². The second-order valence-electron chi connectivity index (χ2n) is 4.97. The molecule has 96 valence electrons. The van der Waals surface area contributed by atoms with Crippen LogP contribution in [0.2, 0.25) is 0 Å². The van der Waals surface area contributed by atoms with Gasteiger partial charge in [0.15, 0.2) is 0 Å². The van der Waals surface area contributed by atoms with Crippen LogP contribution in [0.15, 0.2) is 43.0 Å². The zero-order valence-corrected chi connectivity index (χ0v) is 10.7. The van der Waals surface area contributed by atoms with Crippen LogP contribution in [0, 0.1) is 0 Å². The lowest BCUT2D eigenvalue weighted by Crippen LogP contribution is -2.45. The number of carbonyl (C=O) groups excluding carboxylic acids is 1. The van der Waals surface area contributed by atoms with Crippen LogP contribution in [-0.4, -0.2) is 28.2 Å². The maximum Gasteiger partial charge on any atom is 0.225 e. The van der Waals surface area contributed by atoms with Crippen molar-refractivity contribution in [3.8, 4) is 0 Å². The summed E-state index contributed by atoms with van der Waals surface area (Å²) in [5.74, 6) is 0.0718. The molecule has 1 saturated heterocycles. The summed E-state index contributed by atoms with van der Waals surface area (Å²) in [6.45, 7) is 6.02. The fourth-order valence-corrected chi connectivity index (χ4v) is 2.39. The van der Waals surface area contributed by atoms with E-state index in [4.69, 9.17) is 0 Å². The standard InChI is InChI=1S/C15H19NO2/c1-3-12(13-7-5-4-6-8-13)11-16-14(17)9-10-15(16,2)18/h3-8,12,18H,1,9-11H2,2H3. The van der Waals surface area contributed by atoms with E-state index >= 15 is 0 Å². The Morgan fingerprint density at radius 2 is 2.17 bits per heavy atom. The van der Waals surface area contributed by atoms with Crippen LogP contribution in [0.4, 0.5) is 0 Å². The summed E-state index contributed by atoms with van der Waals surface area (Å²) in [5.41, 5.74) is 0.0932. The van der Waals surface area contributed by atoms with Crippen molar-refractivity contribution in [2.24, 2.45) is 0 Å². The molecule has 1 N–H and O–H groups in total. The highest BCUT2D eigenvalue weighted by Crippen LogP contribution is 2.30. The third-order valence-corrected chi connectivity index (χ3v) is 3.59. The molecular formula is C15H19NO2. The molecule has 0 bridgehead atoms.